The summed E-state index contributed by atoms with van der Waals surface area (Å²) in [6.45, 7) is 9.27. The van der Waals surface area contributed by atoms with Gasteiger partial charge in [0.25, 0.3) is 0 Å². The minimum Gasteiger partial charge on any atom is -0.126 e. The lowest BCUT2D eigenvalue weighted by molar-refractivity contribution is 0.591. The molecule has 0 atom stereocenters. The van der Waals surface area contributed by atoms with Crippen molar-refractivity contribution < 1.29 is 0 Å². The average Bonchev–Trinajstić information content (AvgIpc) is 2.25. The van der Waals surface area contributed by atoms with Gasteiger partial charge in [0.1, 0.15) is 0 Å². The van der Waals surface area contributed by atoms with Gasteiger partial charge in [-0.1, -0.05) is 43.9 Å². The Bertz CT molecular complexity index is 365. The molecule has 0 unspecified atom stereocenters. The molecule has 0 radical (unpaired) electrons. The molecule has 1 rings (SSSR count). The van der Waals surface area contributed by atoms with Crippen LogP contribution in [-0.2, 0) is 5.41 Å². The van der Waals surface area contributed by atoms with Crippen LogP contribution in [0, 0.1) is 6.92 Å². The summed E-state index contributed by atoms with van der Waals surface area (Å²) in [6, 6.07) is 9.62. The van der Waals surface area contributed by atoms with Crippen LogP contribution in [0.5, 0.6) is 0 Å². The van der Waals surface area contributed by atoms with Gasteiger partial charge in [0.2, 0.25) is 0 Å². The Morgan fingerprint density at radius 3 is 2.00 bits per heavy atom. The summed E-state index contributed by atoms with van der Waals surface area (Å²) in [4.78, 5) is 0. The third-order valence-corrected chi connectivity index (χ3v) is 5.86. The van der Waals surface area contributed by atoms with Gasteiger partial charge in [0, 0.05) is 25.2 Å². The van der Waals surface area contributed by atoms with Gasteiger partial charge in [-0.15, -0.1) is 23.2 Å². The smallest absolute Gasteiger partial charge is 0.0452 e. The normalized spacial score (nSPS) is 12.8. The van der Waals surface area contributed by atoms with Gasteiger partial charge >= 0.3 is 0 Å². The first kappa shape index (κ1) is 15.1. The van der Waals surface area contributed by atoms with Gasteiger partial charge in [0.05, 0.1) is 0 Å². The van der Waals surface area contributed by atoms with E-state index in [0.29, 0.717) is 11.8 Å². The lowest BCUT2D eigenvalue weighted by Crippen LogP contribution is -2.39. The van der Waals surface area contributed by atoms with Crippen molar-refractivity contribution in [3.8, 4) is 0 Å². The molecule has 3 heteroatoms. The maximum absolute atomic E-state index is 6.27. The lowest BCUT2D eigenvalue weighted by Gasteiger charge is -2.36. The topological polar surface area (TPSA) is 0 Å². The van der Waals surface area contributed by atoms with Gasteiger partial charge < -0.3 is 0 Å². The second-order valence-corrected chi connectivity index (χ2v) is 12.1. The molecule has 17 heavy (non-hydrogen) atoms. The van der Waals surface area contributed by atoms with E-state index in [2.05, 4.69) is 50.8 Å². The molecule has 96 valence electrons. The molecule has 0 amide bonds. The maximum Gasteiger partial charge on any atom is 0.0452 e. The maximum atomic E-state index is 6.27. The van der Waals surface area contributed by atoms with Gasteiger partial charge in [-0.3, -0.25) is 0 Å². The Morgan fingerprint density at radius 2 is 1.59 bits per heavy atom. The van der Waals surface area contributed by atoms with E-state index in [4.69, 9.17) is 23.2 Å². The third-order valence-electron chi connectivity index (χ3n) is 3.10. The van der Waals surface area contributed by atoms with Crippen LogP contribution >= 0.6 is 23.2 Å². The number of halogens is 2. The Hall–Kier alpha value is 0.0169. The molecule has 0 saturated heterocycles. The zero-order valence-electron chi connectivity index (χ0n) is 11.2. The van der Waals surface area contributed by atoms with Gasteiger partial charge in [-0.25, -0.2) is 0 Å². The van der Waals surface area contributed by atoms with Crippen molar-refractivity contribution in [2.24, 2.45) is 0 Å². The second-order valence-electron chi connectivity index (χ2n) is 6.10. The third kappa shape index (κ3) is 3.74. The SMILES string of the molecule is Cc1ccccc1C(CCl)(CCl)C[Si](C)(C)C. The van der Waals surface area contributed by atoms with Crippen molar-refractivity contribution in [2.75, 3.05) is 11.8 Å². The molecule has 0 bridgehead atoms. The molecule has 0 heterocycles. The summed E-state index contributed by atoms with van der Waals surface area (Å²) < 4.78 is 0. The average molecular weight is 289 g/mol. The molecule has 0 spiro atoms. The van der Waals surface area contributed by atoms with Gasteiger partial charge in [-0.05, 0) is 24.1 Å². The van der Waals surface area contributed by atoms with Crippen molar-refractivity contribution in [1.82, 2.24) is 0 Å². The first-order valence-corrected chi connectivity index (χ1v) is 10.8. The Kier molecular flexibility index (Phi) is 5.12. The van der Waals surface area contributed by atoms with Crippen LogP contribution in [0.3, 0.4) is 0 Å². The fourth-order valence-corrected chi connectivity index (χ4v) is 6.10. The fraction of sp³-hybridized carbons (Fsp3) is 0.571. The Balaban J connectivity index is 3.20. The van der Waals surface area contributed by atoms with Gasteiger partial charge in [-0.2, -0.15) is 0 Å². The molecule has 0 aliphatic carbocycles. The van der Waals surface area contributed by atoms with Crippen molar-refractivity contribution >= 4 is 31.3 Å². The highest BCUT2D eigenvalue weighted by molar-refractivity contribution is 6.76. The van der Waals surface area contributed by atoms with Crippen LogP contribution in [0.4, 0.5) is 0 Å². The van der Waals surface area contributed by atoms with E-state index in [-0.39, 0.29) is 5.41 Å². The molecule has 0 N–H and O–H groups in total. The largest absolute Gasteiger partial charge is 0.126 e. The van der Waals surface area contributed by atoms with Crippen LogP contribution < -0.4 is 0 Å². The van der Waals surface area contributed by atoms with Crippen molar-refractivity contribution in [3.63, 3.8) is 0 Å². The summed E-state index contributed by atoms with van der Waals surface area (Å²) in [7, 11) is -1.21. The highest BCUT2D eigenvalue weighted by Gasteiger charge is 2.36. The molecular formula is C14H22Cl2Si. The fourth-order valence-electron chi connectivity index (χ4n) is 2.55. The van der Waals surface area contributed by atoms with E-state index < -0.39 is 8.07 Å². The Morgan fingerprint density at radius 1 is 1.06 bits per heavy atom. The van der Waals surface area contributed by atoms with Crippen molar-refractivity contribution in [2.45, 2.75) is 38.0 Å². The molecule has 0 nitrogen and oxygen atoms in total. The molecule has 0 aliphatic heterocycles. The highest BCUT2D eigenvalue weighted by Crippen LogP contribution is 2.37. The molecule has 1 aromatic carbocycles. The summed E-state index contributed by atoms with van der Waals surface area (Å²) in [5.41, 5.74) is 2.57. The zero-order valence-corrected chi connectivity index (χ0v) is 13.7. The van der Waals surface area contributed by atoms with Crippen molar-refractivity contribution in [3.05, 3.63) is 35.4 Å². The number of rotatable bonds is 5. The van der Waals surface area contributed by atoms with E-state index in [1.165, 1.54) is 11.1 Å². The summed E-state index contributed by atoms with van der Waals surface area (Å²) in [5, 5.41) is 0. The molecule has 0 saturated carbocycles. The quantitative estimate of drug-likeness (QED) is 0.525. The predicted molar refractivity (Wildman–Crippen MR) is 82.5 cm³/mol. The van der Waals surface area contributed by atoms with Crippen LogP contribution in [0.2, 0.25) is 25.7 Å². The standard InChI is InChI=1S/C14H22Cl2Si/c1-12-7-5-6-8-13(12)14(9-15,10-16)11-17(2,3)4/h5-8H,9-11H2,1-4H3. The van der Waals surface area contributed by atoms with Crippen LogP contribution in [0.15, 0.2) is 24.3 Å². The van der Waals surface area contributed by atoms with Crippen LogP contribution in [-0.4, -0.2) is 19.8 Å². The number of hydrogen-bond acceptors (Lipinski definition) is 0. The van der Waals surface area contributed by atoms with E-state index in [9.17, 15) is 0 Å². The highest BCUT2D eigenvalue weighted by atomic mass is 35.5. The summed E-state index contributed by atoms with van der Waals surface area (Å²) >= 11 is 12.5. The number of hydrogen-bond donors (Lipinski definition) is 0. The van der Waals surface area contributed by atoms with E-state index >= 15 is 0 Å². The van der Waals surface area contributed by atoms with Crippen molar-refractivity contribution in [1.29, 1.82) is 0 Å². The van der Waals surface area contributed by atoms with Crippen LogP contribution in [0.25, 0.3) is 0 Å². The van der Waals surface area contributed by atoms with E-state index in [1.807, 2.05) is 0 Å². The molecule has 1 aromatic rings. The minimum atomic E-state index is -1.21. The molecular weight excluding hydrogens is 267 g/mol. The summed E-state index contributed by atoms with van der Waals surface area (Å²) in [5.74, 6) is 1.21. The monoisotopic (exact) mass is 288 g/mol. The predicted octanol–water partition coefficient (Wildman–Crippen LogP) is 5.05. The summed E-state index contributed by atoms with van der Waals surface area (Å²) in [6.07, 6.45) is 0. The minimum absolute atomic E-state index is 0.0566. The molecule has 0 aromatic heterocycles. The second kappa shape index (κ2) is 5.77. The van der Waals surface area contributed by atoms with Gasteiger partial charge in [0.15, 0.2) is 0 Å². The molecule has 0 fully saturated rings. The molecule has 0 aliphatic rings. The number of alkyl halides is 2. The van der Waals surface area contributed by atoms with E-state index in [0.717, 1.165) is 6.04 Å². The zero-order chi connectivity index (χ0) is 13.1. The van der Waals surface area contributed by atoms with Crippen LogP contribution in [0.1, 0.15) is 11.1 Å². The first-order chi connectivity index (χ1) is 7.84. The Labute approximate surface area is 116 Å². The lowest BCUT2D eigenvalue weighted by atomic mass is 9.83. The number of benzene rings is 1. The van der Waals surface area contributed by atoms with E-state index in [1.54, 1.807) is 0 Å². The number of aryl methyl sites for hydroxylation is 1. The first-order valence-electron chi connectivity index (χ1n) is 6.03.